The highest BCUT2D eigenvalue weighted by Crippen LogP contribution is 2.41. The summed E-state index contributed by atoms with van der Waals surface area (Å²) in [7, 11) is -1.27. The molecule has 10 nitrogen and oxygen atoms in total. The Labute approximate surface area is 266 Å². The van der Waals surface area contributed by atoms with Crippen LogP contribution in [0.25, 0.3) is 10.9 Å². The van der Waals surface area contributed by atoms with Crippen LogP contribution in [0, 0.1) is 0 Å². The van der Waals surface area contributed by atoms with E-state index in [1.165, 1.54) is 17.2 Å². The third kappa shape index (κ3) is 7.56. The van der Waals surface area contributed by atoms with Crippen LogP contribution in [-0.2, 0) is 33.8 Å². The van der Waals surface area contributed by atoms with Crippen LogP contribution in [0.5, 0.6) is 0 Å². The van der Waals surface area contributed by atoms with Gasteiger partial charge in [0, 0.05) is 27.1 Å². The van der Waals surface area contributed by atoms with E-state index in [-0.39, 0.29) is 36.4 Å². The highest BCUT2D eigenvalue weighted by Gasteiger charge is 2.36. The van der Waals surface area contributed by atoms with E-state index in [1.807, 2.05) is 24.3 Å². The van der Waals surface area contributed by atoms with Crippen molar-refractivity contribution in [2.24, 2.45) is 0 Å². The highest BCUT2D eigenvalue weighted by molar-refractivity contribution is 6.76. The molecule has 1 aliphatic carbocycles. The van der Waals surface area contributed by atoms with Gasteiger partial charge >= 0.3 is 18.0 Å². The van der Waals surface area contributed by atoms with Gasteiger partial charge in [-0.15, -0.1) is 0 Å². The largest absolute Gasteiger partial charge is 0.417 e. The molecule has 3 heterocycles. The number of rotatable bonds is 9. The lowest BCUT2D eigenvalue weighted by atomic mass is 9.80. The van der Waals surface area contributed by atoms with E-state index in [4.69, 9.17) is 10.5 Å². The van der Waals surface area contributed by atoms with Crippen molar-refractivity contribution >= 4 is 42.3 Å². The van der Waals surface area contributed by atoms with Crippen LogP contribution >= 0.6 is 0 Å². The van der Waals surface area contributed by atoms with Crippen LogP contribution in [0.15, 0.2) is 55.0 Å². The normalized spacial score (nSPS) is 16.7. The summed E-state index contributed by atoms with van der Waals surface area (Å²) in [6.07, 6.45) is 0.515. The number of nitrogens with zero attached hydrogens (tertiary/aromatic N) is 5. The van der Waals surface area contributed by atoms with Crippen LogP contribution in [-0.4, -0.2) is 51.1 Å². The minimum absolute atomic E-state index is 0.170. The summed E-state index contributed by atoms with van der Waals surface area (Å²) >= 11 is 0. The number of nitrogen functional groups attached to an aromatic ring is 1. The lowest BCUT2D eigenvalue weighted by Gasteiger charge is -2.37. The summed E-state index contributed by atoms with van der Waals surface area (Å²) in [5, 5.41) is 7.67. The van der Waals surface area contributed by atoms with Crippen molar-refractivity contribution in [3.05, 3.63) is 77.4 Å². The zero-order chi connectivity index (χ0) is 33.2. The Morgan fingerprint density at radius 3 is 2.50 bits per heavy atom. The van der Waals surface area contributed by atoms with Crippen LogP contribution in [0.1, 0.15) is 54.1 Å². The molecule has 0 aliphatic heterocycles. The Morgan fingerprint density at radius 2 is 1.83 bits per heavy atom. The van der Waals surface area contributed by atoms with E-state index in [0.29, 0.717) is 23.9 Å². The number of fused-ring (bicyclic) bond motifs is 2. The summed E-state index contributed by atoms with van der Waals surface area (Å²) in [6.45, 7) is 9.47. The van der Waals surface area contributed by atoms with Gasteiger partial charge in [0.2, 0.25) is 0 Å². The maximum absolute atomic E-state index is 14.0. The first kappa shape index (κ1) is 33.1. The second-order valence-corrected chi connectivity index (χ2v) is 18.5. The van der Waals surface area contributed by atoms with Crippen LogP contribution in [0.3, 0.4) is 0 Å². The van der Waals surface area contributed by atoms with Gasteiger partial charge in [0.25, 0.3) is 0 Å². The predicted octanol–water partition coefficient (Wildman–Crippen LogP) is 6.35. The van der Waals surface area contributed by atoms with E-state index < -0.39 is 37.7 Å². The van der Waals surface area contributed by atoms with Crippen molar-refractivity contribution in [1.82, 2.24) is 24.6 Å². The number of halogens is 3. The molecule has 1 aliphatic rings. The molecule has 1 aromatic carbocycles. The smallest absolute Gasteiger partial charge is 0.383 e. The number of carbonyl (C=O) groups is 2. The molecule has 0 fully saturated rings. The van der Waals surface area contributed by atoms with E-state index in [2.05, 4.69) is 46.9 Å². The Morgan fingerprint density at radius 1 is 1.09 bits per heavy atom. The molecule has 2 atom stereocenters. The Hall–Kier alpha value is -4.30. The number of pyridine rings is 2. The van der Waals surface area contributed by atoms with Crippen molar-refractivity contribution < 1.29 is 27.5 Å². The Kier molecular flexibility index (Phi) is 9.49. The molecule has 2 unspecified atom stereocenters. The van der Waals surface area contributed by atoms with Crippen molar-refractivity contribution in [3.63, 3.8) is 0 Å². The van der Waals surface area contributed by atoms with Crippen LogP contribution < -0.4 is 11.1 Å². The Balaban J connectivity index is 1.41. The van der Waals surface area contributed by atoms with Gasteiger partial charge in [-0.1, -0.05) is 50.8 Å². The monoisotopic (exact) mass is 653 g/mol. The topological polar surface area (TPSA) is 128 Å². The maximum Gasteiger partial charge on any atom is 0.417 e. The van der Waals surface area contributed by atoms with Gasteiger partial charge in [0.1, 0.15) is 18.1 Å². The summed E-state index contributed by atoms with van der Waals surface area (Å²) in [6, 6.07) is 10.3. The summed E-state index contributed by atoms with van der Waals surface area (Å²) in [4.78, 5) is 37.1. The van der Waals surface area contributed by atoms with Crippen molar-refractivity contribution in [1.29, 1.82) is 0 Å². The zero-order valence-corrected chi connectivity index (χ0v) is 27.3. The van der Waals surface area contributed by atoms with Gasteiger partial charge in [-0.2, -0.15) is 18.3 Å². The van der Waals surface area contributed by atoms with Gasteiger partial charge in [-0.05, 0) is 48.1 Å². The molecule has 3 N–H and O–H groups in total. The highest BCUT2D eigenvalue weighted by atomic mass is 28.3. The van der Waals surface area contributed by atoms with Crippen molar-refractivity contribution in [2.45, 2.75) is 76.9 Å². The number of nitrogens with two attached hydrogens (primary N) is 1. The third-order valence-electron chi connectivity index (χ3n) is 8.17. The number of ether oxygens (including phenoxy) is 1. The van der Waals surface area contributed by atoms with E-state index in [0.717, 1.165) is 35.9 Å². The van der Waals surface area contributed by atoms with Gasteiger partial charge in [-0.3, -0.25) is 14.6 Å². The predicted molar refractivity (Wildman–Crippen MR) is 171 cm³/mol. The molecule has 3 aromatic heterocycles. The molecular formula is C32H38F3N7O3Si. The first-order valence-electron chi connectivity index (χ1n) is 15.1. The number of anilines is 2. The first-order valence-corrected chi connectivity index (χ1v) is 18.8. The molecule has 244 valence electrons. The molecule has 4 aromatic rings. The van der Waals surface area contributed by atoms with Gasteiger partial charge in [0.15, 0.2) is 0 Å². The Bertz CT molecular complexity index is 1720. The first-order chi connectivity index (χ1) is 21.7. The van der Waals surface area contributed by atoms with E-state index >= 15 is 0 Å². The molecule has 2 amide bonds. The van der Waals surface area contributed by atoms with E-state index in [1.54, 1.807) is 10.9 Å². The molecule has 0 radical (unpaired) electrons. The third-order valence-corrected chi connectivity index (χ3v) is 9.87. The molecule has 0 saturated heterocycles. The minimum Gasteiger partial charge on any atom is -0.383 e. The van der Waals surface area contributed by atoms with Crippen molar-refractivity contribution in [2.75, 3.05) is 17.7 Å². The molecule has 5 rings (SSSR count). The number of benzene rings is 1. The standard InChI is InChI=1S/C32H38F3N7O3Si/c1-20-9-12-27(24-8-6-5-7-23(20)24)42(17-22-11-10-21(15-37-22)32(33,34)35)31(44)30(43)39-26-16-38-29(36)25-18-41(40-28(25)26)19-45-13-14-46(2,3)4/h5-8,10-11,15-16,18,20,27H,9,12-14,17,19H2,1-4H3,(H2,36,38)(H,39,43). The average Bonchev–Trinajstić information content (AvgIpc) is 3.44. The fourth-order valence-corrected chi connectivity index (χ4v) is 6.32. The molecule has 46 heavy (non-hydrogen) atoms. The summed E-state index contributed by atoms with van der Waals surface area (Å²) < 4.78 is 46.9. The van der Waals surface area contributed by atoms with Crippen LogP contribution in [0.2, 0.25) is 25.7 Å². The number of alkyl halides is 3. The number of hydrogen-bond donors (Lipinski definition) is 2. The summed E-state index contributed by atoms with van der Waals surface area (Å²) in [5.41, 5.74) is 7.89. The fraction of sp³-hybridized carbons (Fsp3) is 0.406. The van der Waals surface area contributed by atoms with Crippen molar-refractivity contribution in [3.8, 4) is 0 Å². The molecule has 0 saturated carbocycles. The number of nitrogens with one attached hydrogen (secondary N) is 1. The maximum atomic E-state index is 14.0. The number of carbonyl (C=O) groups excluding carboxylic acids is 2. The minimum atomic E-state index is -4.55. The van der Waals surface area contributed by atoms with Gasteiger partial charge in [-0.25, -0.2) is 9.67 Å². The quantitative estimate of drug-likeness (QED) is 0.122. The number of hydrogen-bond acceptors (Lipinski definition) is 7. The molecule has 14 heteroatoms. The summed E-state index contributed by atoms with van der Waals surface area (Å²) in [5.74, 6) is -1.37. The van der Waals surface area contributed by atoms with Gasteiger partial charge < -0.3 is 20.7 Å². The molecule has 0 spiro atoms. The molecule has 0 bridgehead atoms. The zero-order valence-electron chi connectivity index (χ0n) is 26.3. The lowest BCUT2D eigenvalue weighted by Crippen LogP contribution is -2.43. The SMILES string of the molecule is CC1CCC(N(Cc2ccc(C(F)(F)F)cn2)C(=O)C(=O)Nc2cnc(N)c3cn(COCC[Si](C)(C)C)nc23)c2ccccc21. The average molecular weight is 654 g/mol. The van der Waals surface area contributed by atoms with Gasteiger partial charge in [0.05, 0.1) is 41.1 Å². The lowest BCUT2D eigenvalue weighted by molar-refractivity contribution is -0.145. The second kappa shape index (κ2) is 13.2. The molecular weight excluding hydrogens is 615 g/mol. The van der Waals surface area contributed by atoms with E-state index in [9.17, 15) is 22.8 Å². The second-order valence-electron chi connectivity index (χ2n) is 12.9. The number of amides is 2. The van der Waals surface area contributed by atoms with Crippen LogP contribution in [0.4, 0.5) is 24.7 Å². The fourth-order valence-electron chi connectivity index (χ4n) is 5.56. The number of aromatic nitrogens is 4.